The number of carbonyl (C=O) groups excluding carboxylic acids is 1. The van der Waals surface area contributed by atoms with E-state index in [0.717, 1.165) is 27.7 Å². The molecule has 0 N–H and O–H groups in total. The number of rotatable bonds is 8. The van der Waals surface area contributed by atoms with Gasteiger partial charge in [-0.3, -0.25) is 4.79 Å². The van der Waals surface area contributed by atoms with Crippen molar-refractivity contribution >= 4 is 66.2 Å². The average Bonchev–Trinajstić information content (AvgIpc) is 0.749. The van der Waals surface area contributed by atoms with Crippen molar-refractivity contribution in [3.8, 4) is 11.3 Å². The van der Waals surface area contributed by atoms with Crippen molar-refractivity contribution in [3.63, 3.8) is 0 Å². The van der Waals surface area contributed by atoms with Gasteiger partial charge in [0.1, 0.15) is 6.15 Å². The Balaban J connectivity index is 0.000000244. The fraction of sp³-hybridized carbons (Fsp3) is 0.143. The molecule has 0 radical (unpaired) electrons. The summed E-state index contributed by atoms with van der Waals surface area (Å²) in [4.78, 5) is 13.3. The number of benzene rings is 9. The Morgan fingerprint density at radius 3 is 0.889 bits per heavy atom. The SMILES string of the molecule is FC(F)(F)c1cc([B-](c2cc(C(F)(F)F)cc(C(F)(F)F)c2)(c2cc(C(F)(F)F)cc(C(F)(F)F)c2)c2cc(C(F)(F)F)cc(C(F)(F)F)c2)cc(C(F)(F)F)c1.O=C(C[n+]1c(-c2c3ccccc3cc3ccccc23)ccc2ccccc21)c1ccccc1. The Labute approximate surface area is 491 Å². The highest BCUT2D eigenvalue weighted by Gasteiger charge is 2.47. The van der Waals surface area contributed by atoms with Crippen molar-refractivity contribution in [3.05, 3.63) is 244 Å². The molecule has 0 atom stereocenters. The minimum absolute atomic E-state index is 0.0998. The molecular weight excluding hydrogens is 1250 g/mol. The standard InChI is InChI=1S/C32H12BF24.C31H22NO/c34-25(35,36)13-1-14(26(37,38)39)6-21(5-13)33(22-7-15(27(40,41)42)2-16(8-22)28(43,44)45,23-9-17(29(46,47)48)3-18(10-23)30(49,50)51)24-11-19(31(52,53)54)4-20(12-24)32(55,56)57;33-30(23-11-2-1-3-12-23)21-32-28-17-9-6-10-22(28)18-19-29(32)31-26-15-7-4-13-24(26)20-25-14-5-8-16-27(25)31/h1-12H;1-20H,21H2/q-1;+1. The highest BCUT2D eigenvalue weighted by molar-refractivity contribution is 7.20. The number of fused-ring (bicyclic) bond motifs is 3. The summed E-state index contributed by atoms with van der Waals surface area (Å²) < 4.78 is 343. The second-order valence-corrected chi connectivity index (χ2v) is 20.6. The Bertz CT molecular complexity index is 3870. The third kappa shape index (κ3) is 13.4. The minimum Gasteiger partial charge on any atom is -0.287 e. The van der Waals surface area contributed by atoms with E-state index in [1.54, 1.807) is 0 Å². The Hall–Kier alpha value is -9.04. The molecule has 10 rings (SSSR count). The third-order valence-electron chi connectivity index (χ3n) is 14.8. The van der Waals surface area contributed by atoms with E-state index in [2.05, 4.69) is 83.4 Å². The molecule has 90 heavy (non-hydrogen) atoms. The van der Waals surface area contributed by atoms with E-state index in [-0.39, 0.29) is 12.3 Å². The number of nitrogens with zero attached hydrogens (tertiary/aromatic N) is 1. The van der Waals surface area contributed by atoms with Gasteiger partial charge in [-0.2, -0.15) is 132 Å². The van der Waals surface area contributed by atoms with Gasteiger partial charge in [0.25, 0.3) is 0 Å². The predicted molar refractivity (Wildman–Crippen MR) is 285 cm³/mol. The van der Waals surface area contributed by atoms with Crippen molar-refractivity contribution in [2.45, 2.75) is 56.0 Å². The number of para-hydroxylation sites is 1. The molecule has 2 nitrogen and oxygen atoms in total. The molecule has 0 spiro atoms. The number of hydrogen-bond acceptors (Lipinski definition) is 1. The van der Waals surface area contributed by atoms with Crippen LogP contribution >= 0.6 is 0 Å². The fourth-order valence-electron chi connectivity index (χ4n) is 10.9. The summed E-state index contributed by atoms with van der Waals surface area (Å²) in [5, 5.41) is 5.88. The highest BCUT2D eigenvalue weighted by atomic mass is 19.4. The Kier molecular flexibility index (Phi) is 16.8. The normalized spacial score (nSPS) is 13.2. The largest absolute Gasteiger partial charge is 0.416 e. The van der Waals surface area contributed by atoms with Crippen LogP contribution in [0.2, 0.25) is 0 Å². The maximum absolute atomic E-state index is 14.2. The maximum atomic E-state index is 14.2. The molecule has 1 aromatic heterocycles. The minimum atomic E-state index is -6.13. The summed E-state index contributed by atoms with van der Waals surface area (Å²) >= 11 is 0. The maximum Gasteiger partial charge on any atom is 0.416 e. The van der Waals surface area contributed by atoms with E-state index in [1.807, 2.05) is 42.5 Å². The lowest BCUT2D eigenvalue weighted by molar-refractivity contribution is -0.645. The van der Waals surface area contributed by atoms with Crippen LogP contribution in [0.5, 0.6) is 0 Å². The molecular formula is C63H34BF24NO. The molecule has 0 amide bonds. The molecule has 468 valence electrons. The van der Waals surface area contributed by atoms with Crippen LogP contribution in [0.3, 0.4) is 0 Å². The van der Waals surface area contributed by atoms with Crippen LogP contribution in [0, 0.1) is 0 Å². The summed E-state index contributed by atoms with van der Waals surface area (Å²) in [7, 11) is 0. The molecule has 0 unspecified atom stereocenters. The molecule has 0 saturated carbocycles. The molecule has 0 bridgehead atoms. The van der Waals surface area contributed by atoms with Crippen molar-refractivity contribution in [2.75, 3.05) is 0 Å². The summed E-state index contributed by atoms with van der Waals surface area (Å²) in [6.45, 7) is 0.276. The van der Waals surface area contributed by atoms with Gasteiger partial charge >= 0.3 is 49.4 Å². The first-order valence-corrected chi connectivity index (χ1v) is 25.8. The second kappa shape index (κ2) is 23.1. The van der Waals surface area contributed by atoms with Crippen LogP contribution in [-0.4, -0.2) is 11.9 Å². The molecule has 0 aliphatic heterocycles. The quantitative estimate of drug-likeness (QED) is 0.0488. The summed E-state index contributed by atoms with van der Waals surface area (Å²) in [5.74, 6) is 0.0998. The number of Topliss-reactive ketones (excluding diaryl/α,β-unsaturated/α-hetero) is 1. The summed E-state index contributed by atoms with van der Waals surface area (Å²) in [6, 6.07) is 32.6. The van der Waals surface area contributed by atoms with Crippen molar-refractivity contribution in [2.24, 2.45) is 0 Å². The van der Waals surface area contributed by atoms with Crippen LogP contribution in [-0.2, 0) is 56.0 Å². The van der Waals surface area contributed by atoms with Crippen LogP contribution in [0.4, 0.5) is 105 Å². The lowest BCUT2D eigenvalue weighted by atomic mass is 9.12. The van der Waals surface area contributed by atoms with E-state index >= 15 is 0 Å². The van der Waals surface area contributed by atoms with E-state index in [0.29, 0.717) is 0 Å². The zero-order chi connectivity index (χ0) is 66.1. The van der Waals surface area contributed by atoms with Gasteiger partial charge in [0.05, 0.1) is 50.1 Å². The van der Waals surface area contributed by atoms with Gasteiger partial charge in [-0.1, -0.05) is 140 Å². The Morgan fingerprint density at radius 2 is 0.578 bits per heavy atom. The number of aromatic nitrogens is 1. The average molecular weight is 1290 g/mol. The molecule has 27 heteroatoms. The van der Waals surface area contributed by atoms with Crippen molar-refractivity contribution < 1.29 is 115 Å². The van der Waals surface area contributed by atoms with Crippen molar-refractivity contribution in [1.82, 2.24) is 0 Å². The van der Waals surface area contributed by atoms with Gasteiger partial charge in [0, 0.05) is 23.1 Å². The van der Waals surface area contributed by atoms with Crippen molar-refractivity contribution in [1.29, 1.82) is 0 Å². The lowest BCUT2D eigenvalue weighted by Gasteiger charge is -2.46. The van der Waals surface area contributed by atoms with E-state index in [4.69, 9.17) is 0 Å². The van der Waals surface area contributed by atoms with Crippen LogP contribution in [0.15, 0.2) is 194 Å². The molecule has 1 heterocycles. The van der Waals surface area contributed by atoms with Gasteiger partial charge in [0.2, 0.25) is 23.5 Å². The number of pyridine rings is 1. The first-order chi connectivity index (χ1) is 41.6. The second-order valence-electron chi connectivity index (χ2n) is 20.6. The number of ketones is 1. The first-order valence-electron chi connectivity index (χ1n) is 25.8. The predicted octanol–water partition coefficient (Wildman–Crippen LogP) is 18.2. The Morgan fingerprint density at radius 1 is 0.300 bits per heavy atom. The van der Waals surface area contributed by atoms with E-state index < -0.39 is 195 Å². The monoisotopic (exact) mass is 1290 g/mol. The van der Waals surface area contributed by atoms with E-state index in [1.165, 1.54) is 21.5 Å². The van der Waals surface area contributed by atoms with Crippen LogP contribution < -0.4 is 26.4 Å². The topological polar surface area (TPSA) is 20.9 Å². The van der Waals surface area contributed by atoms with E-state index in [9.17, 15) is 110 Å². The number of hydrogen-bond donors (Lipinski definition) is 0. The molecule has 0 saturated heterocycles. The zero-order valence-electron chi connectivity index (χ0n) is 44.7. The van der Waals surface area contributed by atoms with Crippen LogP contribution in [0.25, 0.3) is 43.7 Å². The number of alkyl halides is 24. The number of halogens is 24. The molecule has 0 aliphatic rings. The highest BCUT2D eigenvalue weighted by Crippen LogP contribution is 2.43. The molecule has 0 fully saturated rings. The molecule has 10 aromatic rings. The smallest absolute Gasteiger partial charge is 0.287 e. The molecule has 0 aliphatic carbocycles. The van der Waals surface area contributed by atoms with Gasteiger partial charge in [0.15, 0.2) is 0 Å². The zero-order valence-corrected chi connectivity index (χ0v) is 44.7. The van der Waals surface area contributed by atoms with Gasteiger partial charge in [-0.15, -0.1) is 0 Å². The molecule has 9 aromatic carbocycles. The van der Waals surface area contributed by atoms with Gasteiger partial charge < -0.3 is 0 Å². The van der Waals surface area contributed by atoms with Crippen LogP contribution in [0.1, 0.15) is 54.9 Å². The lowest BCUT2D eigenvalue weighted by Crippen LogP contribution is -2.75. The summed E-state index contributed by atoms with van der Waals surface area (Å²) in [6.07, 6.45) is -54.8. The summed E-state index contributed by atoms with van der Waals surface area (Å²) in [5.41, 5.74) is -26.2. The number of carbonyl (C=O) groups is 1. The van der Waals surface area contributed by atoms with Gasteiger partial charge in [-0.25, -0.2) is 0 Å². The van der Waals surface area contributed by atoms with Gasteiger partial charge in [-0.05, 0) is 64.0 Å². The third-order valence-corrected chi connectivity index (χ3v) is 14.8. The fourth-order valence-corrected chi connectivity index (χ4v) is 10.9. The first kappa shape index (κ1) is 65.4.